The third-order valence-corrected chi connectivity index (χ3v) is 7.29. The fraction of sp³-hybridized carbons (Fsp3) is 0.625. The standard InChI is InChI=1S/C16H25BrN2O2S/c1-15(2)10-12(11-16(3,4)19(15)5)18-22(20,21)14-9-7-6-8-13(14)17/h6-9,12,18H,10-11H2,1-5H3. The number of piperidine rings is 1. The van der Waals surface area contributed by atoms with E-state index in [9.17, 15) is 8.42 Å². The van der Waals surface area contributed by atoms with E-state index in [1.807, 2.05) is 6.07 Å². The maximum Gasteiger partial charge on any atom is 0.241 e. The highest BCUT2D eigenvalue weighted by atomic mass is 79.9. The van der Waals surface area contributed by atoms with Crippen molar-refractivity contribution in [3.63, 3.8) is 0 Å². The predicted octanol–water partition coefficient (Wildman–Crippen LogP) is 3.38. The van der Waals surface area contributed by atoms with Crippen molar-refractivity contribution in [3.05, 3.63) is 28.7 Å². The first-order valence-corrected chi connectivity index (χ1v) is 9.74. The third kappa shape index (κ3) is 3.55. The van der Waals surface area contributed by atoms with Crippen LogP contribution in [0, 0.1) is 0 Å². The molecule has 1 aliphatic rings. The molecule has 1 heterocycles. The molecule has 0 atom stereocenters. The number of halogens is 1. The maximum absolute atomic E-state index is 12.7. The van der Waals surface area contributed by atoms with Crippen molar-refractivity contribution in [2.45, 2.75) is 62.6 Å². The van der Waals surface area contributed by atoms with Gasteiger partial charge in [0.15, 0.2) is 0 Å². The molecule has 0 unspecified atom stereocenters. The van der Waals surface area contributed by atoms with Crippen molar-refractivity contribution in [2.24, 2.45) is 0 Å². The van der Waals surface area contributed by atoms with Gasteiger partial charge in [-0.1, -0.05) is 12.1 Å². The zero-order chi connectivity index (χ0) is 16.8. The van der Waals surface area contributed by atoms with E-state index < -0.39 is 10.0 Å². The monoisotopic (exact) mass is 388 g/mol. The van der Waals surface area contributed by atoms with E-state index in [1.54, 1.807) is 18.2 Å². The van der Waals surface area contributed by atoms with Crippen LogP contribution >= 0.6 is 15.9 Å². The zero-order valence-electron chi connectivity index (χ0n) is 13.9. The Kier molecular flexibility index (Phi) is 4.80. The largest absolute Gasteiger partial charge is 0.296 e. The average molecular weight is 389 g/mol. The van der Waals surface area contributed by atoms with Gasteiger partial charge in [0.1, 0.15) is 0 Å². The van der Waals surface area contributed by atoms with Gasteiger partial charge in [0.25, 0.3) is 0 Å². The predicted molar refractivity (Wildman–Crippen MR) is 93.4 cm³/mol. The van der Waals surface area contributed by atoms with Crippen LogP contribution in [-0.4, -0.2) is 37.5 Å². The number of sulfonamides is 1. The minimum atomic E-state index is -3.52. The molecule has 4 nitrogen and oxygen atoms in total. The summed E-state index contributed by atoms with van der Waals surface area (Å²) < 4.78 is 28.8. The van der Waals surface area contributed by atoms with Crippen LogP contribution in [0.25, 0.3) is 0 Å². The molecule has 0 aromatic heterocycles. The summed E-state index contributed by atoms with van der Waals surface area (Å²) in [6, 6.07) is 6.85. The molecule has 6 heteroatoms. The van der Waals surface area contributed by atoms with Crippen molar-refractivity contribution in [2.75, 3.05) is 7.05 Å². The minimum Gasteiger partial charge on any atom is -0.296 e. The molecule has 0 amide bonds. The Morgan fingerprint density at radius 3 is 2.14 bits per heavy atom. The van der Waals surface area contributed by atoms with Gasteiger partial charge in [0, 0.05) is 21.6 Å². The highest BCUT2D eigenvalue weighted by Gasteiger charge is 2.44. The molecule has 1 saturated heterocycles. The second-order valence-corrected chi connectivity index (χ2v) is 9.88. The van der Waals surface area contributed by atoms with Crippen LogP contribution < -0.4 is 4.72 Å². The Bertz CT molecular complexity index is 638. The topological polar surface area (TPSA) is 49.4 Å². The van der Waals surface area contributed by atoms with E-state index in [1.165, 1.54) is 0 Å². The summed E-state index contributed by atoms with van der Waals surface area (Å²) >= 11 is 3.32. The third-order valence-electron chi connectivity index (χ3n) is 4.76. The van der Waals surface area contributed by atoms with Gasteiger partial charge in [-0.05, 0) is 75.6 Å². The lowest BCUT2D eigenvalue weighted by atomic mass is 9.78. The normalized spacial score (nSPS) is 22.6. The van der Waals surface area contributed by atoms with Gasteiger partial charge in [-0.3, -0.25) is 4.90 Å². The molecule has 1 aliphatic heterocycles. The van der Waals surface area contributed by atoms with Gasteiger partial charge in [-0.2, -0.15) is 0 Å². The van der Waals surface area contributed by atoms with E-state index in [0.29, 0.717) is 9.37 Å². The average Bonchev–Trinajstić information content (AvgIpc) is 2.35. The van der Waals surface area contributed by atoms with Crippen LogP contribution in [0.4, 0.5) is 0 Å². The van der Waals surface area contributed by atoms with Crippen LogP contribution in [0.2, 0.25) is 0 Å². The highest BCUT2D eigenvalue weighted by molar-refractivity contribution is 9.10. The van der Waals surface area contributed by atoms with Crippen LogP contribution in [0.1, 0.15) is 40.5 Å². The van der Waals surface area contributed by atoms with E-state index in [2.05, 4.69) is 60.3 Å². The summed E-state index contributed by atoms with van der Waals surface area (Å²) in [6.45, 7) is 8.64. The van der Waals surface area contributed by atoms with Gasteiger partial charge in [0.2, 0.25) is 10.0 Å². The van der Waals surface area contributed by atoms with Crippen LogP contribution in [0.15, 0.2) is 33.6 Å². The first-order chi connectivity index (χ1) is 9.96. The Labute approximate surface area is 142 Å². The Morgan fingerprint density at radius 2 is 1.64 bits per heavy atom. The fourth-order valence-electron chi connectivity index (χ4n) is 3.40. The summed E-state index contributed by atoms with van der Waals surface area (Å²) in [6.07, 6.45) is 1.58. The van der Waals surface area contributed by atoms with Crippen LogP contribution in [0.5, 0.6) is 0 Å². The SMILES string of the molecule is CN1C(C)(C)CC(NS(=O)(=O)c2ccccc2Br)CC1(C)C. The van der Waals surface area contributed by atoms with Gasteiger partial charge in [0.05, 0.1) is 4.90 Å². The van der Waals surface area contributed by atoms with Gasteiger partial charge in [-0.15, -0.1) is 0 Å². The lowest BCUT2D eigenvalue weighted by Crippen LogP contribution is -2.62. The molecule has 0 spiro atoms. The molecule has 1 N–H and O–H groups in total. The lowest BCUT2D eigenvalue weighted by Gasteiger charge is -2.53. The summed E-state index contributed by atoms with van der Waals surface area (Å²) in [7, 11) is -1.41. The van der Waals surface area contributed by atoms with Crippen molar-refractivity contribution < 1.29 is 8.42 Å². The first kappa shape index (κ1) is 17.9. The molecule has 0 bridgehead atoms. The minimum absolute atomic E-state index is 0.0527. The molecular weight excluding hydrogens is 364 g/mol. The number of benzene rings is 1. The molecule has 1 fully saturated rings. The molecule has 124 valence electrons. The van der Waals surface area contributed by atoms with Gasteiger partial charge in [-0.25, -0.2) is 13.1 Å². The van der Waals surface area contributed by atoms with E-state index >= 15 is 0 Å². The number of nitrogens with zero attached hydrogens (tertiary/aromatic N) is 1. The maximum atomic E-state index is 12.7. The molecule has 1 aromatic rings. The van der Waals surface area contributed by atoms with E-state index in [4.69, 9.17) is 0 Å². The number of hydrogen-bond acceptors (Lipinski definition) is 3. The van der Waals surface area contributed by atoms with Crippen molar-refractivity contribution >= 4 is 26.0 Å². The van der Waals surface area contributed by atoms with Crippen molar-refractivity contribution in [3.8, 4) is 0 Å². The second kappa shape index (κ2) is 5.89. The molecule has 0 saturated carbocycles. The van der Waals surface area contributed by atoms with Gasteiger partial charge < -0.3 is 0 Å². The van der Waals surface area contributed by atoms with Crippen LogP contribution in [0.3, 0.4) is 0 Å². The number of nitrogens with one attached hydrogen (secondary N) is 1. The van der Waals surface area contributed by atoms with Gasteiger partial charge >= 0.3 is 0 Å². The molecule has 1 aromatic carbocycles. The molecule has 0 aliphatic carbocycles. The second-order valence-electron chi connectivity index (χ2n) is 7.34. The quantitative estimate of drug-likeness (QED) is 0.862. The van der Waals surface area contributed by atoms with Crippen LogP contribution in [-0.2, 0) is 10.0 Å². The fourth-order valence-corrected chi connectivity index (χ4v) is 5.64. The smallest absolute Gasteiger partial charge is 0.241 e. The molecule has 2 rings (SSSR count). The molecule has 0 radical (unpaired) electrons. The molecule has 22 heavy (non-hydrogen) atoms. The summed E-state index contributed by atoms with van der Waals surface area (Å²) in [4.78, 5) is 2.63. The van der Waals surface area contributed by atoms with Crippen molar-refractivity contribution in [1.82, 2.24) is 9.62 Å². The Balaban J connectivity index is 2.26. The Morgan fingerprint density at radius 1 is 1.14 bits per heavy atom. The summed E-state index contributed by atoms with van der Waals surface area (Å²) in [5.74, 6) is 0. The first-order valence-electron chi connectivity index (χ1n) is 7.46. The lowest BCUT2D eigenvalue weighted by molar-refractivity contribution is -0.0140. The molecular formula is C16H25BrN2O2S. The Hall–Kier alpha value is -0.430. The zero-order valence-corrected chi connectivity index (χ0v) is 16.3. The van der Waals surface area contributed by atoms with E-state index in [-0.39, 0.29) is 17.1 Å². The summed E-state index contributed by atoms with van der Waals surface area (Å²) in [5.41, 5.74) is -0.105. The summed E-state index contributed by atoms with van der Waals surface area (Å²) in [5, 5.41) is 0. The number of likely N-dealkylation sites (tertiary alicyclic amines) is 1. The van der Waals surface area contributed by atoms with Crippen molar-refractivity contribution in [1.29, 1.82) is 0 Å². The highest BCUT2D eigenvalue weighted by Crippen LogP contribution is 2.37. The number of rotatable bonds is 3. The number of hydrogen-bond donors (Lipinski definition) is 1. The van der Waals surface area contributed by atoms with E-state index in [0.717, 1.165) is 12.8 Å².